The quantitative estimate of drug-likeness (QED) is 0.157. The number of halogens is 1. The summed E-state index contributed by atoms with van der Waals surface area (Å²) >= 11 is 6.43. The van der Waals surface area contributed by atoms with Crippen LogP contribution in [-0.2, 0) is 26.2 Å². The van der Waals surface area contributed by atoms with Gasteiger partial charge in [0, 0.05) is 18.1 Å². The van der Waals surface area contributed by atoms with Crippen molar-refractivity contribution in [3.8, 4) is 11.5 Å². The maximum absolute atomic E-state index is 14.1. The van der Waals surface area contributed by atoms with Crippen LogP contribution < -0.4 is 14.4 Å². The van der Waals surface area contributed by atoms with Crippen molar-refractivity contribution in [1.82, 2.24) is 10.2 Å². The first-order chi connectivity index (χ1) is 21.2. The average Bonchev–Trinajstić information content (AvgIpc) is 3.04. The molecule has 0 aromatic heterocycles. The molecule has 4 aromatic carbocycles. The molecule has 0 saturated carbocycles. The topological polar surface area (TPSA) is 96.0 Å². The Bertz CT molecular complexity index is 1630. The number of rotatable bonds is 14. The highest BCUT2D eigenvalue weighted by atomic mass is 35.5. The zero-order valence-electron chi connectivity index (χ0n) is 24.7. The molecular formula is C34H36ClN3O5S. The summed E-state index contributed by atoms with van der Waals surface area (Å²) in [5, 5.41) is 3.31. The molecule has 0 radical (unpaired) electrons. The number of sulfonamides is 1. The van der Waals surface area contributed by atoms with E-state index in [0.717, 1.165) is 17.1 Å². The van der Waals surface area contributed by atoms with Crippen molar-refractivity contribution in [1.29, 1.82) is 0 Å². The molecule has 8 nitrogen and oxygen atoms in total. The lowest BCUT2D eigenvalue weighted by Gasteiger charge is -2.32. The van der Waals surface area contributed by atoms with Crippen LogP contribution in [0.4, 0.5) is 5.69 Å². The second-order valence-electron chi connectivity index (χ2n) is 10.2. The van der Waals surface area contributed by atoms with Crippen LogP contribution >= 0.6 is 11.6 Å². The molecular weight excluding hydrogens is 598 g/mol. The standard InChI is InChI=1S/C34H36ClN3O5S/c1-3-4-23-36-34(40)26(2)37(24-27-13-11-12-18-32(27)35)33(39)25-38(44(41,42)31-16-9-6-10-17-31)28-19-21-30(22-20-28)43-29-14-7-5-8-15-29/h5-22,26H,3-4,23-25H2,1-2H3,(H,36,40). The van der Waals surface area contributed by atoms with E-state index in [2.05, 4.69) is 5.32 Å². The lowest BCUT2D eigenvalue weighted by atomic mass is 10.1. The van der Waals surface area contributed by atoms with E-state index in [4.69, 9.17) is 16.3 Å². The predicted molar refractivity (Wildman–Crippen MR) is 173 cm³/mol. The summed E-state index contributed by atoms with van der Waals surface area (Å²) in [6.07, 6.45) is 1.70. The molecule has 1 N–H and O–H groups in total. The minimum Gasteiger partial charge on any atom is -0.457 e. The number of ether oxygens (including phenoxy) is 1. The summed E-state index contributed by atoms with van der Waals surface area (Å²) in [6, 6.07) is 29.7. The van der Waals surface area contributed by atoms with Gasteiger partial charge in [-0.05, 0) is 73.5 Å². The van der Waals surface area contributed by atoms with Crippen molar-refractivity contribution < 1.29 is 22.7 Å². The van der Waals surface area contributed by atoms with Crippen molar-refractivity contribution in [2.24, 2.45) is 0 Å². The van der Waals surface area contributed by atoms with E-state index in [-0.39, 0.29) is 23.0 Å². The molecule has 0 fully saturated rings. The SMILES string of the molecule is CCCCNC(=O)C(C)N(Cc1ccccc1Cl)C(=O)CN(c1ccc(Oc2ccccc2)cc1)S(=O)(=O)c1ccccc1. The Morgan fingerprint density at radius 3 is 2.07 bits per heavy atom. The molecule has 10 heteroatoms. The molecule has 1 unspecified atom stereocenters. The molecule has 0 saturated heterocycles. The summed E-state index contributed by atoms with van der Waals surface area (Å²) < 4.78 is 34.9. The third kappa shape index (κ3) is 8.39. The molecule has 2 amide bonds. The van der Waals surface area contributed by atoms with Gasteiger partial charge in [-0.15, -0.1) is 0 Å². The van der Waals surface area contributed by atoms with E-state index in [9.17, 15) is 18.0 Å². The predicted octanol–water partition coefficient (Wildman–Crippen LogP) is 6.66. The van der Waals surface area contributed by atoms with E-state index in [1.807, 2.05) is 37.3 Å². The smallest absolute Gasteiger partial charge is 0.264 e. The second kappa shape index (κ2) is 15.4. The number of para-hydroxylation sites is 1. The van der Waals surface area contributed by atoms with E-state index in [0.29, 0.717) is 28.6 Å². The summed E-state index contributed by atoms with van der Waals surface area (Å²) in [6.45, 7) is 3.59. The summed E-state index contributed by atoms with van der Waals surface area (Å²) in [4.78, 5) is 28.6. The van der Waals surface area contributed by atoms with Crippen LogP contribution in [0.25, 0.3) is 0 Å². The first-order valence-electron chi connectivity index (χ1n) is 14.4. The number of anilines is 1. The fraction of sp³-hybridized carbons (Fsp3) is 0.235. The van der Waals surface area contributed by atoms with Gasteiger partial charge in [0.25, 0.3) is 10.0 Å². The van der Waals surface area contributed by atoms with Gasteiger partial charge >= 0.3 is 0 Å². The molecule has 4 rings (SSSR count). The van der Waals surface area contributed by atoms with Crippen LogP contribution in [0.15, 0.2) is 114 Å². The number of nitrogens with one attached hydrogen (secondary N) is 1. The van der Waals surface area contributed by atoms with Gasteiger partial charge < -0.3 is 15.0 Å². The highest BCUT2D eigenvalue weighted by Gasteiger charge is 2.32. The van der Waals surface area contributed by atoms with Crippen LogP contribution in [0.3, 0.4) is 0 Å². The Kier molecular flexibility index (Phi) is 11.4. The fourth-order valence-electron chi connectivity index (χ4n) is 4.48. The Labute approximate surface area is 264 Å². The third-order valence-electron chi connectivity index (χ3n) is 7.01. The lowest BCUT2D eigenvalue weighted by Crippen LogP contribution is -2.51. The number of unbranched alkanes of at least 4 members (excludes halogenated alkanes) is 1. The highest BCUT2D eigenvalue weighted by Crippen LogP contribution is 2.29. The Morgan fingerprint density at radius 2 is 1.43 bits per heavy atom. The van der Waals surface area contributed by atoms with Crippen molar-refractivity contribution in [2.45, 2.75) is 44.2 Å². The zero-order valence-corrected chi connectivity index (χ0v) is 26.3. The largest absolute Gasteiger partial charge is 0.457 e. The fourth-order valence-corrected chi connectivity index (χ4v) is 6.11. The van der Waals surface area contributed by atoms with Gasteiger partial charge in [-0.1, -0.05) is 79.5 Å². The van der Waals surface area contributed by atoms with Crippen molar-refractivity contribution >= 4 is 39.1 Å². The van der Waals surface area contributed by atoms with Gasteiger partial charge in [0.2, 0.25) is 11.8 Å². The summed E-state index contributed by atoms with van der Waals surface area (Å²) in [5.74, 6) is 0.234. The van der Waals surface area contributed by atoms with E-state index < -0.39 is 28.5 Å². The van der Waals surface area contributed by atoms with Crippen LogP contribution in [0.5, 0.6) is 11.5 Å². The maximum atomic E-state index is 14.1. The minimum atomic E-state index is -4.18. The van der Waals surface area contributed by atoms with Crippen LogP contribution in [0.1, 0.15) is 32.3 Å². The monoisotopic (exact) mass is 633 g/mol. The van der Waals surface area contributed by atoms with Crippen molar-refractivity contribution in [3.63, 3.8) is 0 Å². The summed E-state index contributed by atoms with van der Waals surface area (Å²) in [5.41, 5.74) is 0.899. The molecule has 0 aliphatic rings. The molecule has 0 heterocycles. The van der Waals surface area contributed by atoms with Gasteiger partial charge in [0.1, 0.15) is 24.1 Å². The maximum Gasteiger partial charge on any atom is 0.264 e. The van der Waals surface area contributed by atoms with Gasteiger partial charge in [0.05, 0.1) is 10.6 Å². The van der Waals surface area contributed by atoms with E-state index in [1.165, 1.54) is 17.0 Å². The normalized spacial score (nSPS) is 11.8. The Morgan fingerprint density at radius 1 is 0.841 bits per heavy atom. The molecule has 0 aliphatic heterocycles. The van der Waals surface area contributed by atoms with Gasteiger partial charge in [-0.3, -0.25) is 13.9 Å². The molecule has 0 bridgehead atoms. The molecule has 4 aromatic rings. The van der Waals surface area contributed by atoms with Crippen molar-refractivity contribution in [2.75, 3.05) is 17.4 Å². The summed E-state index contributed by atoms with van der Waals surface area (Å²) in [7, 11) is -4.18. The van der Waals surface area contributed by atoms with Crippen LogP contribution in [-0.4, -0.2) is 44.3 Å². The number of carbonyl (C=O) groups excluding carboxylic acids is 2. The molecule has 230 valence electrons. The van der Waals surface area contributed by atoms with Gasteiger partial charge in [-0.25, -0.2) is 8.42 Å². The molecule has 1 atom stereocenters. The minimum absolute atomic E-state index is 0.0178. The first kappa shape index (κ1) is 32.6. The van der Waals surface area contributed by atoms with Gasteiger partial charge in [0.15, 0.2) is 0 Å². The number of nitrogens with zero attached hydrogens (tertiary/aromatic N) is 2. The average molecular weight is 634 g/mol. The molecule has 0 spiro atoms. The second-order valence-corrected chi connectivity index (χ2v) is 12.4. The third-order valence-corrected chi connectivity index (χ3v) is 9.17. The lowest BCUT2D eigenvalue weighted by molar-refractivity contribution is -0.139. The molecule has 44 heavy (non-hydrogen) atoms. The number of hydrogen-bond acceptors (Lipinski definition) is 5. The van der Waals surface area contributed by atoms with E-state index in [1.54, 1.807) is 73.7 Å². The zero-order chi connectivity index (χ0) is 31.5. The van der Waals surface area contributed by atoms with Gasteiger partial charge in [-0.2, -0.15) is 0 Å². The Hall–Kier alpha value is -4.34. The number of amides is 2. The van der Waals surface area contributed by atoms with Crippen LogP contribution in [0, 0.1) is 0 Å². The number of hydrogen-bond donors (Lipinski definition) is 1. The number of carbonyl (C=O) groups is 2. The van der Waals surface area contributed by atoms with Crippen molar-refractivity contribution in [3.05, 3.63) is 120 Å². The first-order valence-corrected chi connectivity index (χ1v) is 16.2. The van der Waals surface area contributed by atoms with E-state index >= 15 is 0 Å². The van der Waals surface area contributed by atoms with Crippen LogP contribution in [0.2, 0.25) is 5.02 Å². The Balaban J connectivity index is 1.68. The highest BCUT2D eigenvalue weighted by molar-refractivity contribution is 7.92. The number of benzene rings is 4. The molecule has 0 aliphatic carbocycles.